The third kappa shape index (κ3) is 3.86. The van der Waals surface area contributed by atoms with Crippen LogP contribution >= 0.6 is 23.2 Å². The van der Waals surface area contributed by atoms with Crippen LogP contribution in [-0.4, -0.2) is 36.5 Å². The lowest BCUT2D eigenvalue weighted by Crippen LogP contribution is -2.44. The first-order chi connectivity index (χ1) is 9.60. The first-order valence-corrected chi connectivity index (χ1v) is 7.21. The van der Waals surface area contributed by atoms with E-state index in [0.717, 1.165) is 25.9 Å². The molecule has 1 N–H and O–H groups in total. The van der Waals surface area contributed by atoms with Crippen LogP contribution in [0.5, 0.6) is 0 Å². The van der Waals surface area contributed by atoms with Crippen molar-refractivity contribution in [2.24, 2.45) is 0 Å². The molecule has 1 fully saturated rings. The highest BCUT2D eigenvalue weighted by Gasteiger charge is 2.21. The Morgan fingerprint density at radius 2 is 2.05 bits per heavy atom. The second-order valence-corrected chi connectivity index (χ2v) is 5.63. The topological polar surface area (TPSA) is 56.1 Å². The second kappa shape index (κ2) is 6.94. The number of nitrogens with zero attached hydrogens (tertiary/aromatic N) is 2. The Bertz CT molecular complexity index is 534. The molecule has 4 nitrogen and oxygen atoms in total. The number of nitrogens with one attached hydrogen (secondary N) is 1. The maximum absolute atomic E-state index is 12.1. The summed E-state index contributed by atoms with van der Waals surface area (Å²) in [6, 6.07) is 7.14. The first-order valence-electron chi connectivity index (χ1n) is 6.45. The van der Waals surface area contributed by atoms with Crippen LogP contribution in [0.25, 0.3) is 0 Å². The molecule has 20 heavy (non-hydrogen) atoms. The van der Waals surface area contributed by atoms with Crippen LogP contribution in [0.3, 0.4) is 0 Å². The Morgan fingerprint density at radius 1 is 1.35 bits per heavy atom. The lowest BCUT2D eigenvalue weighted by Gasteiger charge is -2.30. The third-order valence-electron chi connectivity index (χ3n) is 3.40. The average molecular weight is 312 g/mol. The summed E-state index contributed by atoms with van der Waals surface area (Å²) in [5.41, 5.74) is 0.513. The van der Waals surface area contributed by atoms with Crippen molar-refractivity contribution in [1.29, 1.82) is 5.26 Å². The minimum atomic E-state index is -0.137. The van der Waals surface area contributed by atoms with Crippen LogP contribution in [0.4, 0.5) is 0 Å². The molecule has 0 spiro atoms. The van der Waals surface area contributed by atoms with Crippen LogP contribution in [0.15, 0.2) is 18.2 Å². The van der Waals surface area contributed by atoms with Crippen molar-refractivity contribution in [2.45, 2.75) is 18.9 Å². The highest BCUT2D eigenvalue weighted by atomic mass is 35.5. The Kier molecular flexibility index (Phi) is 5.24. The first kappa shape index (κ1) is 15.1. The zero-order chi connectivity index (χ0) is 14.5. The van der Waals surface area contributed by atoms with Crippen LogP contribution in [0.1, 0.15) is 23.2 Å². The fourth-order valence-electron chi connectivity index (χ4n) is 2.24. The lowest BCUT2D eigenvalue weighted by molar-refractivity contribution is 0.0914. The van der Waals surface area contributed by atoms with Gasteiger partial charge in [-0.3, -0.25) is 9.69 Å². The molecule has 1 saturated heterocycles. The number of hydrogen-bond acceptors (Lipinski definition) is 3. The molecule has 0 atom stereocenters. The molecule has 0 radical (unpaired) electrons. The zero-order valence-corrected chi connectivity index (χ0v) is 12.4. The summed E-state index contributed by atoms with van der Waals surface area (Å²) in [6.07, 6.45) is 1.71. The molecule has 0 aromatic heterocycles. The van der Waals surface area contributed by atoms with Gasteiger partial charge in [-0.05, 0) is 31.0 Å². The van der Waals surface area contributed by atoms with E-state index >= 15 is 0 Å². The smallest absolute Gasteiger partial charge is 0.251 e. The van der Waals surface area contributed by atoms with Gasteiger partial charge in [0.15, 0.2) is 0 Å². The summed E-state index contributed by atoms with van der Waals surface area (Å²) in [6.45, 7) is 2.12. The summed E-state index contributed by atoms with van der Waals surface area (Å²) in [5, 5.41) is 12.5. The Morgan fingerprint density at radius 3 is 2.65 bits per heavy atom. The third-order valence-corrected chi connectivity index (χ3v) is 4.14. The number of piperidine rings is 1. The molecular formula is C14H15Cl2N3O. The Labute approximate surface area is 128 Å². The number of benzene rings is 1. The maximum atomic E-state index is 12.1. The van der Waals surface area contributed by atoms with Gasteiger partial charge in [0.2, 0.25) is 0 Å². The quantitative estimate of drug-likeness (QED) is 0.873. The molecule has 0 saturated carbocycles. The van der Waals surface area contributed by atoms with Crippen molar-refractivity contribution < 1.29 is 4.79 Å². The predicted octanol–water partition coefficient (Wildman–Crippen LogP) is 2.71. The minimum absolute atomic E-state index is 0.137. The van der Waals surface area contributed by atoms with Gasteiger partial charge < -0.3 is 5.32 Å². The number of carbonyl (C=O) groups excluding carboxylic acids is 1. The van der Waals surface area contributed by atoms with Crippen LogP contribution < -0.4 is 5.32 Å². The van der Waals surface area contributed by atoms with Crippen molar-refractivity contribution in [2.75, 3.05) is 19.6 Å². The van der Waals surface area contributed by atoms with Gasteiger partial charge in [-0.15, -0.1) is 0 Å². The van der Waals surface area contributed by atoms with E-state index in [2.05, 4.69) is 16.3 Å². The monoisotopic (exact) mass is 311 g/mol. The van der Waals surface area contributed by atoms with E-state index in [4.69, 9.17) is 28.5 Å². The minimum Gasteiger partial charge on any atom is -0.349 e. The van der Waals surface area contributed by atoms with Crippen molar-refractivity contribution in [1.82, 2.24) is 10.2 Å². The molecule has 1 amide bonds. The summed E-state index contributed by atoms with van der Waals surface area (Å²) >= 11 is 11.7. The molecule has 1 aliphatic rings. The highest BCUT2D eigenvalue weighted by Crippen LogP contribution is 2.22. The van der Waals surface area contributed by atoms with E-state index < -0.39 is 0 Å². The molecule has 1 aliphatic heterocycles. The van der Waals surface area contributed by atoms with Crippen molar-refractivity contribution in [3.63, 3.8) is 0 Å². The number of nitriles is 1. The molecule has 0 unspecified atom stereocenters. The fourth-order valence-corrected chi connectivity index (χ4v) is 2.54. The zero-order valence-electron chi connectivity index (χ0n) is 10.9. The number of likely N-dealkylation sites (tertiary alicyclic amines) is 1. The van der Waals surface area contributed by atoms with Crippen LogP contribution in [0.2, 0.25) is 10.0 Å². The van der Waals surface area contributed by atoms with E-state index in [1.165, 1.54) is 0 Å². The lowest BCUT2D eigenvalue weighted by atomic mass is 10.0. The molecule has 2 rings (SSSR count). The van der Waals surface area contributed by atoms with Crippen LogP contribution in [0, 0.1) is 11.3 Å². The number of rotatable bonds is 3. The van der Waals surface area contributed by atoms with Gasteiger partial charge in [0, 0.05) is 24.7 Å². The number of hydrogen-bond donors (Lipinski definition) is 1. The maximum Gasteiger partial charge on any atom is 0.251 e. The molecule has 106 valence electrons. The van der Waals surface area contributed by atoms with Crippen molar-refractivity contribution >= 4 is 29.1 Å². The number of amides is 1. The molecule has 1 aromatic carbocycles. The highest BCUT2D eigenvalue weighted by molar-refractivity contribution is 6.42. The summed E-state index contributed by atoms with van der Waals surface area (Å²) < 4.78 is 0. The Hall–Kier alpha value is -1.28. The number of carbonyl (C=O) groups is 1. The summed E-state index contributed by atoms with van der Waals surface area (Å²) in [5.74, 6) is -0.137. The van der Waals surface area contributed by atoms with Gasteiger partial charge in [0.1, 0.15) is 0 Å². The SMILES string of the molecule is N#CCN1CCC(NC(=O)c2ccc(Cl)c(Cl)c2)CC1. The average Bonchev–Trinajstić information content (AvgIpc) is 2.44. The van der Waals surface area contributed by atoms with E-state index in [-0.39, 0.29) is 11.9 Å². The summed E-state index contributed by atoms with van der Waals surface area (Å²) in [4.78, 5) is 14.2. The normalized spacial score (nSPS) is 16.6. The van der Waals surface area contributed by atoms with E-state index in [1.54, 1.807) is 18.2 Å². The molecule has 0 bridgehead atoms. The van der Waals surface area contributed by atoms with E-state index in [9.17, 15) is 4.79 Å². The van der Waals surface area contributed by atoms with Gasteiger partial charge in [0.25, 0.3) is 5.91 Å². The van der Waals surface area contributed by atoms with Gasteiger partial charge >= 0.3 is 0 Å². The predicted molar refractivity (Wildman–Crippen MR) is 79.0 cm³/mol. The van der Waals surface area contributed by atoms with Crippen molar-refractivity contribution in [3.05, 3.63) is 33.8 Å². The van der Waals surface area contributed by atoms with Gasteiger partial charge in [0.05, 0.1) is 22.7 Å². The van der Waals surface area contributed by atoms with Gasteiger partial charge in [-0.25, -0.2) is 0 Å². The fraction of sp³-hybridized carbons (Fsp3) is 0.429. The number of halogens is 2. The largest absolute Gasteiger partial charge is 0.349 e. The molecule has 0 aliphatic carbocycles. The Balaban J connectivity index is 1.89. The van der Waals surface area contributed by atoms with Gasteiger partial charge in [-0.2, -0.15) is 5.26 Å². The van der Waals surface area contributed by atoms with Crippen molar-refractivity contribution in [3.8, 4) is 6.07 Å². The molecular weight excluding hydrogens is 297 g/mol. The van der Waals surface area contributed by atoms with E-state index in [1.807, 2.05) is 0 Å². The molecule has 1 aromatic rings. The van der Waals surface area contributed by atoms with E-state index in [0.29, 0.717) is 22.2 Å². The standard InChI is InChI=1S/C14H15Cl2N3O/c15-12-2-1-10(9-13(12)16)14(20)18-11-3-6-19(7-4-11)8-5-17/h1-2,9,11H,3-4,6-8H2,(H,18,20). The van der Waals surface area contributed by atoms with Gasteiger partial charge in [-0.1, -0.05) is 23.2 Å². The molecule has 1 heterocycles. The summed E-state index contributed by atoms with van der Waals surface area (Å²) in [7, 11) is 0. The van der Waals surface area contributed by atoms with Crippen LogP contribution in [-0.2, 0) is 0 Å². The molecule has 6 heteroatoms. The second-order valence-electron chi connectivity index (χ2n) is 4.81.